The summed E-state index contributed by atoms with van der Waals surface area (Å²) in [5.41, 5.74) is 0. The van der Waals surface area contributed by atoms with Gasteiger partial charge < -0.3 is 15.4 Å². The molecule has 8 heteroatoms. The molecule has 0 unspecified atom stereocenters. The summed E-state index contributed by atoms with van der Waals surface area (Å²) in [6.45, 7) is 14.8. The fourth-order valence-electron chi connectivity index (χ4n) is 2.45. The zero-order chi connectivity index (χ0) is 19.3. The van der Waals surface area contributed by atoms with Crippen molar-refractivity contribution in [1.29, 1.82) is 0 Å². The van der Waals surface area contributed by atoms with Gasteiger partial charge in [0.15, 0.2) is 5.96 Å². The van der Waals surface area contributed by atoms with Gasteiger partial charge in [-0.2, -0.15) is 0 Å². The zero-order valence-corrected chi connectivity index (χ0v) is 17.7. The predicted molar refractivity (Wildman–Crippen MR) is 106 cm³/mol. The third-order valence-corrected chi connectivity index (χ3v) is 4.56. The highest BCUT2D eigenvalue weighted by molar-refractivity contribution is 7.90. The maximum absolute atomic E-state index is 11.0. The molecule has 0 fully saturated rings. The Morgan fingerprint density at radius 1 is 1.12 bits per heavy atom. The predicted octanol–water partition coefficient (Wildman–Crippen LogP) is 1.11. The van der Waals surface area contributed by atoms with Crippen molar-refractivity contribution < 1.29 is 13.2 Å². The van der Waals surface area contributed by atoms with E-state index in [0.29, 0.717) is 25.2 Å². The van der Waals surface area contributed by atoms with Crippen LogP contribution in [0.5, 0.6) is 0 Å². The second-order valence-electron chi connectivity index (χ2n) is 6.71. The summed E-state index contributed by atoms with van der Waals surface area (Å²) in [5, 5.41) is 6.41. The normalized spacial score (nSPS) is 13.1. The highest BCUT2D eigenvalue weighted by atomic mass is 32.2. The minimum absolute atomic E-state index is 0.0589. The first-order valence-corrected chi connectivity index (χ1v) is 11.3. The third-order valence-electron chi connectivity index (χ3n) is 3.65. The highest BCUT2D eigenvalue weighted by Crippen LogP contribution is 2.05. The van der Waals surface area contributed by atoms with Crippen LogP contribution in [0.25, 0.3) is 0 Å². The molecule has 0 radical (unpaired) electrons. The van der Waals surface area contributed by atoms with Crippen LogP contribution in [0.1, 0.15) is 41.0 Å². The van der Waals surface area contributed by atoms with Crippen molar-refractivity contribution in [3.63, 3.8) is 0 Å². The number of nitrogens with zero attached hydrogens (tertiary/aromatic N) is 2. The Bertz CT molecular complexity index is 457. The van der Waals surface area contributed by atoms with E-state index in [-0.39, 0.29) is 12.4 Å². The summed E-state index contributed by atoms with van der Waals surface area (Å²) in [5.74, 6) is 0.832. The Hall–Kier alpha value is -0.860. The summed E-state index contributed by atoms with van der Waals surface area (Å²) in [7, 11) is -2.96. The number of rotatable bonds is 13. The molecule has 0 saturated heterocycles. The highest BCUT2D eigenvalue weighted by Gasteiger charge is 2.12. The lowest BCUT2D eigenvalue weighted by atomic mass is 10.2. The molecule has 2 N–H and O–H groups in total. The third kappa shape index (κ3) is 14.0. The van der Waals surface area contributed by atoms with Crippen molar-refractivity contribution in [1.82, 2.24) is 15.5 Å². The van der Waals surface area contributed by atoms with Crippen LogP contribution in [0.2, 0.25) is 0 Å². The molecule has 0 spiro atoms. The van der Waals surface area contributed by atoms with Crippen LogP contribution in [-0.4, -0.2) is 82.8 Å². The van der Waals surface area contributed by atoms with Crippen molar-refractivity contribution in [2.75, 3.05) is 51.4 Å². The Labute approximate surface area is 154 Å². The van der Waals surface area contributed by atoms with E-state index in [1.807, 2.05) is 6.92 Å². The molecule has 0 aliphatic heterocycles. The smallest absolute Gasteiger partial charge is 0.191 e. The van der Waals surface area contributed by atoms with Gasteiger partial charge in [0.05, 0.1) is 19.0 Å². The van der Waals surface area contributed by atoms with Gasteiger partial charge in [0.2, 0.25) is 0 Å². The maximum Gasteiger partial charge on any atom is 0.191 e. The summed E-state index contributed by atoms with van der Waals surface area (Å²) >= 11 is 0. The monoisotopic (exact) mass is 378 g/mol. The molecule has 0 aromatic rings. The van der Waals surface area contributed by atoms with Gasteiger partial charge in [-0.15, -0.1) is 0 Å². The van der Waals surface area contributed by atoms with Crippen LogP contribution in [-0.2, 0) is 14.6 Å². The van der Waals surface area contributed by atoms with Crippen molar-refractivity contribution >= 4 is 15.8 Å². The van der Waals surface area contributed by atoms with Gasteiger partial charge in [0.1, 0.15) is 9.84 Å². The van der Waals surface area contributed by atoms with Gasteiger partial charge >= 0.3 is 0 Å². The van der Waals surface area contributed by atoms with Gasteiger partial charge in [0.25, 0.3) is 0 Å². The summed E-state index contributed by atoms with van der Waals surface area (Å²) < 4.78 is 27.3. The summed E-state index contributed by atoms with van der Waals surface area (Å²) in [6, 6.07) is 1.08. The number of hydrogen-bond acceptors (Lipinski definition) is 5. The number of sulfone groups is 1. The van der Waals surface area contributed by atoms with Gasteiger partial charge in [-0.25, -0.2) is 8.42 Å². The molecule has 0 bridgehead atoms. The quantitative estimate of drug-likeness (QED) is 0.284. The lowest BCUT2D eigenvalue weighted by Crippen LogP contribution is -2.40. The number of hydrogen-bond donors (Lipinski definition) is 2. The molecule has 7 nitrogen and oxygen atoms in total. The van der Waals surface area contributed by atoms with E-state index in [0.717, 1.165) is 32.0 Å². The van der Waals surface area contributed by atoms with E-state index in [4.69, 9.17) is 4.74 Å². The van der Waals surface area contributed by atoms with Crippen LogP contribution in [0.3, 0.4) is 0 Å². The van der Waals surface area contributed by atoms with Gasteiger partial charge in [-0.05, 0) is 41.0 Å². The number of nitrogens with one attached hydrogen (secondary N) is 2. The molecule has 0 aromatic heterocycles. The Morgan fingerprint density at radius 3 is 2.28 bits per heavy atom. The molecule has 0 rings (SSSR count). The van der Waals surface area contributed by atoms with Crippen LogP contribution in [0.15, 0.2) is 4.99 Å². The second-order valence-corrected chi connectivity index (χ2v) is 8.97. The molecular formula is C17H38N4O3S. The Morgan fingerprint density at radius 2 is 1.76 bits per heavy atom. The molecule has 0 aromatic carbocycles. The minimum atomic E-state index is -2.96. The van der Waals surface area contributed by atoms with Gasteiger partial charge in [-0.3, -0.25) is 9.89 Å². The summed E-state index contributed by atoms with van der Waals surface area (Å²) in [6.07, 6.45) is 2.22. The fraction of sp³-hybridized carbons (Fsp3) is 0.941. The van der Waals surface area contributed by atoms with Crippen molar-refractivity contribution in [2.45, 2.75) is 53.1 Å². The molecule has 0 heterocycles. The molecule has 150 valence electrons. The Kier molecular flexibility index (Phi) is 12.9. The van der Waals surface area contributed by atoms with Gasteiger partial charge in [-0.1, -0.05) is 0 Å². The van der Waals surface area contributed by atoms with E-state index in [1.54, 1.807) is 0 Å². The topological polar surface area (TPSA) is 83.0 Å². The van der Waals surface area contributed by atoms with Crippen molar-refractivity contribution in [2.24, 2.45) is 4.99 Å². The van der Waals surface area contributed by atoms with Crippen LogP contribution in [0, 0.1) is 0 Å². The standard InChI is InChI=1S/C17H38N4O3S/c1-7-18-17(20-10-12-24-13-14-25(6,22)23)19-9-8-11-21(15(2)3)16(4)5/h15-16H,7-14H2,1-6H3,(H2,18,19,20). The molecule has 0 aliphatic carbocycles. The first kappa shape index (κ1) is 24.1. The fourth-order valence-corrected chi connectivity index (χ4v) is 2.87. The largest absolute Gasteiger partial charge is 0.379 e. The average molecular weight is 379 g/mol. The number of aliphatic imine (C=N–C) groups is 1. The Balaban J connectivity index is 4.08. The molecule has 25 heavy (non-hydrogen) atoms. The minimum Gasteiger partial charge on any atom is -0.379 e. The molecule has 0 atom stereocenters. The van der Waals surface area contributed by atoms with E-state index in [9.17, 15) is 8.42 Å². The molecule has 0 amide bonds. The number of ether oxygens (including phenoxy) is 1. The van der Waals surface area contributed by atoms with E-state index < -0.39 is 9.84 Å². The maximum atomic E-state index is 11.0. The van der Waals surface area contributed by atoms with Crippen molar-refractivity contribution in [3.05, 3.63) is 0 Å². The van der Waals surface area contributed by atoms with Crippen LogP contribution in [0.4, 0.5) is 0 Å². The first-order chi connectivity index (χ1) is 11.7. The second kappa shape index (κ2) is 13.4. The number of guanidine groups is 1. The average Bonchev–Trinajstić information content (AvgIpc) is 2.48. The lowest BCUT2D eigenvalue weighted by Gasteiger charge is -2.30. The lowest BCUT2D eigenvalue weighted by molar-refractivity contribution is 0.154. The first-order valence-electron chi connectivity index (χ1n) is 9.20. The molecule has 0 saturated carbocycles. The van der Waals surface area contributed by atoms with E-state index in [1.165, 1.54) is 6.26 Å². The van der Waals surface area contributed by atoms with E-state index in [2.05, 4.69) is 48.2 Å². The SMILES string of the molecule is CCNC(=NCCCN(C(C)C)C(C)C)NCCOCCS(C)(=O)=O. The summed E-state index contributed by atoms with van der Waals surface area (Å²) in [4.78, 5) is 7.04. The van der Waals surface area contributed by atoms with Crippen molar-refractivity contribution in [3.8, 4) is 0 Å². The van der Waals surface area contributed by atoms with Gasteiger partial charge in [0, 0.05) is 44.5 Å². The van der Waals surface area contributed by atoms with Crippen LogP contribution >= 0.6 is 0 Å². The van der Waals surface area contributed by atoms with Crippen LogP contribution < -0.4 is 10.6 Å². The zero-order valence-electron chi connectivity index (χ0n) is 16.8. The van der Waals surface area contributed by atoms with E-state index >= 15 is 0 Å². The molecule has 0 aliphatic rings. The molecular weight excluding hydrogens is 340 g/mol.